The van der Waals surface area contributed by atoms with Gasteiger partial charge in [0.1, 0.15) is 11.6 Å². The third kappa shape index (κ3) is 2.69. The van der Waals surface area contributed by atoms with Gasteiger partial charge in [-0.05, 0) is 36.8 Å². The molecule has 2 aromatic heterocycles. The Kier molecular flexibility index (Phi) is 4.01. The lowest BCUT2D eigenvalue weighted by Crippen LogP contribution is -2.40. The maximum atomic E-state index is 13.1. The number of benzene rings is 1. The number of fused-ring (bicyclic) bond motifs is 1. The second-order valence-corrected chi connectivity index (χ2v) is 7.51. The smallest absolute Gasteiger partial charge is 0.322 e. The minimum absolute atomic E-state index is 0.0405. The van der Waals surface area contributed by atoms with Gasteiger partial charge in [-0.25, -0.2) is 4.79 Å². The summed E-state index contributed by atoms with van der Waals surface area (Å²) >= 11 is 3.40. The Morgan fingerprint density at radius 3 is 2.78 bits per heavy atom. The molecule has 27 heavy (non-hydrogen) atoms. The molecular weight excluding hydrogens is 408 g/mol. The van der Waals surface area contributed by atoms with Crippen molar-refractivity contribution in [1.82, 2.24) is 14.6 Å². The maximum Gasteiger partial charge on any atom is 0.325 e. The Morgan fingerprint density at radius 1 is 1.22 bits per heavy atom. The van der Waals surface area contributed by atoms with Gasteiger partial charge in [0, 0.05) is 22.4 Å². The number of nitrogens with one attached hydrogen (secondary N) is 1. The summed E-state index contributed by atoms with van der Waals surface area (Å²) in [6.07, 6.45) is 3.61. The van der Waals surface area contributed by atoms with Gasteiger partial charge in [0.15, 0.2) is 0 Å². The molecule has 3 heterocycles. The van der Waals surface area contributed by atoms with Gasteiger partial charge >= 0.3 is 6.03 Å². The van der Waals surface area contributed by atoms with Gasteiger partial charge < -0.3 is 9.72 Å². The van der Waals surface area contributed by atoms with Gasteiger partial charge in [0.2, 0.25) is 0 Å². The zero-order valence-corrected chi connectivity index (χ0v) is 16.0. The van der Waals surface area contributed by atoms with E-state index in [9.17, 15) is 14.9 Å². The number of carbonyl (C=O) groups excluding carboxylic acids is 2. The van der Waals surface area contributed by atoms with Crippen LogP contribution in [0.3, 0.4) is 0 Å². The van der Waals surface area contributed by atoms with Gasteiger partial charge in [-0.3, -0.25) is 9.69 Å². The number of carbonyl (C=O) groups is 2. The standard InChI is InChI=1S/C20H15BrN4O2/c1-20(14-5-4-6-15(21)9-14)18(26)25(19(27)23-20)12-13-11-24-8-3-2-7-17(24)16(13)10-22/h2-9,11H,12H2,1H3,(H,23,27)/t20-/m1/s1. The number of nitriles is 1. The van der Waals surface area contributed by atoms with Crippen molar-refractivity contribution in [3.8, 4) is 6.07 Å². The first kappa shape index (κ1) is 17.3. The highest BCUT2D eigenvalue weighted by Gasteiger charge is 2.49. The molecule has 7 heteroatoms. The summed E-state index contributed by atoms with van der Waals surface area (Å²) in [6, 6.07) is 14.5. The molecule has 0 unspecified atom stereocenters. The van der Waals surface area contributed by atoms with Crippen LogP contribution >= 0.6 is 15.9 Å². The number of amides is 3. The van der Waals surface area contributed by atoms with Crippen molar-refractivity contribution in [3.05, 3.63) is 76.0 Å². The zero-order valence-electron chi connectivity index (χ0n) is 14.4. The van der Waals surface area contributed by atoms with E-state index >= 15 is 0 Å². The van der Waals surface area contributed by atoms with E-state index in [1.807, 2.05) is 47.0 Å². The summed E-state index contributed by atoms with van der Waals surface area (Å²) in [6.45, 7) is 1.73. The molecule has 0 spiro atoms. The first-order valence-corrected chi connectivity index (χ1v) is 9.12. The third-order valence-electron chi connectivity index (χ3n) is 4.88. The fourth-order valence-corrected chi connectivity index (χ4v) is 3.83. The SMILES string of the molecule is C[C@]1(c2cccc(Br)c2)NC(=O)N(Cc2cn3ccccc3c2C#N)C1=O. The number of aromatic nitrogens is 1. The van der Waals surface area contributed by atoms with Crippen LogP contribution in [0.25, 0.3) is 5.52 Å². The molecule has 0 saturated carbocycles. The Labute approximate surface area is 164 Å². The lowest BCUT2D eigenvalue weighted by molar-refractivity contribution is -0.131. The molecule has 0 aliphatic carbocycles. The molecule has 1 atom stereocenters. The summed E-state index contributed by atoms with van der Waals surface area (Å²) in [5, 5.41) is 12.3. The van der Waals surface area contributed by atoms with Crippen molar-refractivity contribution >= 4 is 33.4 Å². The van der Waals surface area contributed by atoms with E-state index in [4.69, 9.17) is 0 Å². The molecule has 0 radical (unpaired) electrons. The number of rotatable bonds is 3. The Balaban J connectivity index is 1.71. The minimum Gasteiger partial charge on any atom is -0.322 e. The van der Waals surface area contributed by atoms with Crippen LogP contribution in [0.15, 0.2) is 59.3 Å². The van der Waals surface area contributed by atoms with Crippen molar-refractivity contribution in [2.75, 3.05) is 0 Å². The summed E-state index contributed by atoms with van der Waals surface area (Å²) < 4.78 is 2.65. The number of hydrogen-bond acceptors (Lipinski definition) is 3. The largest absolute Gasteiger partial charge is 0.325 e. The molecule has 134 valence electrons. The third-order valence-corrected chi connectivity index (χ3v) is 5.37. The zero-order chi connectivity index (χ0) is 19.2. The van der Waals surface area contributed by atoms with Gasteiger partial charge in [-0.1, -0.05) is 34.1 Å². The predicted octanol–water partition coefficient (Wildman–Crippen LogP) is 3.54. The topological polar surface area (TPSA) is 77.6 Å². The van der Waals surface area contributed by atoms with E-state index in [-0.39, 0.29) is 12.5 Å². The molecule has 4 rings (SSSR count). The van der Waals surface area contributed by atoms with Crippen LogP contribution in [-0.4, -0.2) is 21.2 Å². The molecule has 1 fully saturated rings. The van der Waals surface area contributed by atoms with Crippen LogP contribution in [0.2, 0.25) is 0 Å². The molecule has 3 aromatic rings. The number of halogens is 1. The van der Waals surface area contributed by atoms with Crippen molar-refractivity contribution in [3.63, 3.8) is 0 Å². The maximum absolute atomic E-state index is 13.1. The van der Waals surface area contributed by atoms with Crippen LogP contribution in [0, 0.1) is 11.3 Å². The number of pyridine rings is 1. The second-order valence-electron chi connectivity index (χ2n) is 6.59. The molecule has 1 aliphatic rings. The number of nitrogens with zero attached hydrogens (tertiary/aromatic N) is 3. The molecule has 6 nitrogen and oxygen atoms in total. The molecule has 0 bridgehead atoms. The number of hydrogen-bond donors (Lipinski definition) is 1. The first-order valence-electron chi connectivity index (χ1n) is 8.33. The fraction of sp³-hybridized carbons (Fsp3) is 0.150. The van der Waals surface area contributed by atoms with Gasteiger partial charge in [-0.15, -0.1) is 0 Å². The summed E-state index contributed by atoms with van der Waals surface area (Å²) in [5.74, 6) is -0.343. The van der Waals surface area contributed by atoms with Gasteiger partial charge in [-0.2, -0.15) is 5.26 Å². The van der Waals surface area contributed by atoms with E-state index in [1.165, 1.54) is 0 Å². The van der Waals surface area contributed by atoms with Crippen LogP contribution in [0.4, 0.5) is 4.79 Å². The molecule has 1 aliphatic heterocycles. The van der Waals surface area contributed by atoms with Crippen molar-refractivity contribution in [2.45, 2.75) is 19.0 Å². The van der Waals surface area contributed by atoms with E-state index in [0.29, 0.717) is 16.7 Å². The van der Waals surface area contributed by atoms with Crippen molar-refractivity contribution < 1.29 is 9.59 Å². The Hall–Kier alpha value is -3.11. The summed E-state index contributed by atoms with van der Waals surface area (Å²) in [4.78, 5) is 26.8. The van der Waals surface area contributed by atoms with E-state index in [0.717, 1.165) is 14.9 Å². The highest BCUT2D eigenvalue weighted by Crippen LogP contribution is 2.32. The monoisotopic (exact) mass is 422 g/mol. The van der Waals surface area contributed by atoms with E-state index < -0.39 is 11.6 Å². The van der Waals surface area contributed by atoms with Crippen LogP contribution in [0.1, 0.15) is 23.6 Å². The molecule has 1 saturated heterocycles. The number of imide groups is 1. The summed E-state index contributed by atoms with van der Waals surface area (Å²) in [7, 11) is 0. The predicted molar refractivity (Wildman–Crippen MR) is 103 cm³/mol. The number of urea groups is 1. The molecule has 3 amide bonds. The van der Waals surface area contributed by atoms with Crippen molar-refractivity contribution in [1.29, 1.82) is 5.26 Å². The molecule has 1 N–H and O–H groups in total. The van der Waals surface area contributed by atoms with Gasteiger partial charge in [0.25, 0.3) is 5.91 Å². The lowest BCUT2D eigenvalue weighted by Gasteiger charge is -2.22. The quantitative estimate of drug-likeness (QED) is 0.655. The first-order chi connectivity index (χ1) is 12.9. The van der Waals surface area contributed by atoms with Crippen molar-refractivity contribution in [2.24, 2.45) is 0 Å². The minimum atomic E-state index is -1.15. The average molecular weight is 423 g/mol. The highest BCUT2D eigenvalue weighted by molar-refractivity contribution is 9.10. The molecule has 1 aromatic carbocycles. The fourth-order valence-electron chi connectivity index (χ4n) is 3.43. The van der Waals surface area contributed by atoms with Gasteiger partial charge in [0.05, 0.1) is 17.6 Å². The lowest BCUT2D eigenvalue weighted by atomic mass is 9.92. The van der Waals surface area contributed by atoms with Crippen LogP contribution in [0.5, 0.6) is 0 Å². The summed E-state index contributed by atoms with van der Waals surface area (Å²) in [5.41, 5.74) is 1.39. The Bertz CT molecular complexity index is 1130. The molecular formula is C20H15BrN4O2. The van der Waals surface area contributed by atoms with Crippen LogP contribution < -0.4 is 5.32 Å². The highest BCUT2D eigenvalue weighted by atomic mass is 79.9. The Morgan fingerprint density at radius 2 is 2.04 bits per heavy atom. The van der Waals surface area contributed by atoms with Crippen LogP contribution in [-0.2, 0) is 16.9 Å². The van der Waals surface area contributed by atoms with E-state index in [2.05, 4.69) is 27.3 Å². The van der Waals surface area contributed by atoms with E-state index in [1.54, 1.807) is 19.2 Å². The second kappa shape index (κ2) is 6.25. The average Bonchev–Trinajstić information content (AvgIpc) is 3.12. The normalized spacial score (nSPS) is 19.4.